The van der Waals surface area contributed by atoms with Crippen molar-refractivity contribution in [3.8, 4) is 35.0 Å². The van der Waals surface area contributed by atoms with E-state index in [-0.39, 0.29) is 0 Å². The lowest BCUT2D eigenvalue weighted by molar-refractivity contribution is 1.17. The number of hydrogen-bond acceptors (Lipinski definition) is 3. The van der Waals surface area contributed by atoms with Crippen molar-refractivity contribution in [2.75, 3.05) is 0 Å². The molecule has 0 N–H and O–H groups in total. The van der Waals surface area contributed by atoms with Crippen molar-refractivity contribution in [2.24, 2.45) is 0 Å². The van der Waals surface area contributed by atoms with Crippen LogP contribution >= 0.6 is 0 Å². The van der Waals surface area contributed by atoms with Gasteiger partial charge in [0.15, 0.2) is 8.07 Å². The Balaban J connectivity index is 1.50. The molecular formula is C45H28N4Si. The van der Waals surface area contributed by atoms with Gasteiger partial charge in [0.05, 0.1) is 33.8 Å². The third-order valence-electron chi connectivity index (χ3n) is 9.66. The molecule has 0 radical (unpaired) electrons. The second-order valence-corrected chi connectivity index (χ2v) is 16.0. The Morgan fingerprint density at radius 2 is 1.00 bits per heavy atom. The summed E-state index contributed by atoms with van der Waals surface area (Å²) in [4.78, 5) is 0. The van der Waals surface area contributed by atoms with Gasteiger partial charge in [-0.15, -0.1) is 0 Å². The van der Waals surface area contributed by atoms with E-state index in [0.29, 0.717) is 22.3 Å². The minimum absolute atomic E-state index is 0.306. The maximum atomic E-state index is 10.7. The molecule has 0 aliphatic heterocycles. The minimum Gasteiger partial charge on any atom is -0.309 e. The Morgan fingerprint density at radius 1 is 0.440 bits per heavy atom. The van der Waals surface area contributed by atoms with Gasteiger partial charge in [0.2, 0.25) is 0 Å². The molecule has 1 heterocycles. The molecule has 0 fully saturated rings. The van der Waals surface area contributed by atoms with Gasteiger partial charge in [0.1, 0.15) is 12.1 Å². The van der Waals surface area contributed by atoms with Crippen LogP contribution in [0.15, 0.2) is 170 Å². The van der Waals surface area contributed by atoms with Crippen LogP contribution in [-0.4, -0.2) is 12.6 Å². The Hall–Kier alpha value is -6.97. The molecule has 8 aromatic rings. The van der Waals surface area contributed by atoms with E-state index in [9.17, 15) is 15.8 Å². The molecule has 1 aromatic heterocycles. The summed E-state index contributed by atoms with van der Waals surface area (Å²) in [5.74, 6) is 0. The summed E-state index contributed by atoms with van der Waals surface area (Å²) in [6.07, 6.45) is 0. The van der Waals surface area contributed by atoms with Crippen LogP contribution in [-0.2, 0) is 0 Å². The number of fused-ring (bicyclic) bond motifs is 3. The summed E-state index contributed by atoms with van der Waals surface area (Å²) >= 11 is 0. The lowest BCUT2D eigenvalue weighted by Crippen LogP contribution is -2.75. The fourth-order valence-corrected chi connectivity index (χ4v) is 12.6. The number of para-hydroxylation sites is 1. The zero-order valence-electron chi connectivity index (χ0n) is 27.0. The summed E-state index contributed by atoms with van der Waals surface area (Å²) < 4.78 is 2.14. The summed E-state index contributed by atoms with van der Waals surface area (Å²) in [7, 11) is -3.00. The molecule has 0 atom stereocenters. The highest BCUT2D eigenvalue weighted by Crippen LogP contribution is 2.36. The van der Waals surface area contributed by atoms with Crippen LogP contribution < -0.4 is 20.7 Å². The first kappa shape index (κ1) is 30.4. The molecule has 0 spiro atoms. The molecule has 5 heteroatoms. The van der Waals surface area contributed by atoms with E-state index in [0.717, 1.165) is 38.2 Å². The lowest BCUT2D eigenvalue weighted by atomic mass is 9.95. The van der Waals surface area contributed by atoms with Crippen molar-refractivity contribution in [3.05, 3.63) is 187 Å². The molecule has 8 rings (SSSR count). The first-order valence-corrected chi connectivity index (χ1v) is 18.4. The first-order chi connectivity index (χ1) is 24.7. The van der Waals surface area contributed by atoms with E-state index in [1.54, 1.807) is 0 Å². The monoisotopic (exact) mass is 652 g/mol. The molecule has 0 aliphatic carbocycles. The molecule has 4 nitrogen and oxygen atoms in total. The largest absolute Gasteiger partial charge is 0.309 e. The van der Waals surface area contributed by atoms with Crippen LogP contribution in [0.25, 0.3) is 38.6 Å². The number of nitrogens with zero attached hydrogens (tertiary/aromatic N) is 4. The van der Waals surface area contributed by atoms with Crippen LogP contribution in [0.1, 0.15) is 16.7 Å². The SMILES string of the molecule is N#Cc1ccc2c(c1)c1ccccc1n2-c1cc(C#N)c(C#N)c(-c2ccccc2[Si](c2ccccc2)(c2ccccc2)c2ccccc2)c1. The number of hydrogen-bond donors (Lipinski definition) is 0. The lowest BCUT2D eigenvalue weighted by Gasteiger charge is -2.36. The van der Waals surface area contributed by atoms with Crippen LogP contribution in [0, 0.1) is 34.0 Å². The zero-order valence-corrected chi connectivity index (χ0v) is 28.0. The molecule has 0 amide bonds. The third kappa shape index (κ3) is 4.72. The average molecular weight is 653 g/mol. The van der Waals surface area contributed by atoms with Gasteiger partial charge < -0.3 is 4.57 Å². The number of benzene rings is 7. The van der Waals surface area contributed by atoms with Gasteiger partial charge >= 0.3 is 0 Å². The average Bonchev–Trinajstić information content (AvgIpc) is 3.52. The van der Waals surface area contributed by atoms with Crippen LogP contribution in [0.5, 0.6) is 0 Å². The zero-order chi connectivity index (χ0) is 34.1. The fourth-order valence-electron chi connectivity index (χ4n) is 7.57. The van der Waals surface area contributed by atoms with Crippen LogP contribution in [0.2, 0.25) is 0 Å². The first-order valence-electron chi connectivity index (χ1n) is 16.4. The predicted molar refractivity (Wildman–Crippen MR) is 204 cm³/mol. The van der Waals surface area contributed by atoms with Crippen molar-refractivity contribution in [1.82, 2.24) is 4.57 Å². The van der Waals surface area contributed by atoms with Crippen molar-refractivity contribution in [3.63, 3.8) is 0 Å². The Labute approximate surface area is 291 Å². The van der Waals surface area contributed by atoms with Gasteiger partial charge in [-0.05, 0) is 62.7 Å². The van der Waals surface area contributed by atoms with Crippen LogP contribution in [0.3, 0.4) is 0 Å². The maximum Gasteiger partial charge on any atom is 0.180 e. The van der Waals surface area contributed by atoms with Crippen molar-refractivity contribution in [1.29, 1.82) is 15.8 Å². The van der Waals surface area contributed by atoms with Gasteiger partial charge in [0, 0.05) is 22.0 Å². The Kier molecular flexibility index (Phi) is 7.63. The topological polar surface area (TPSA) is 76.3 Å². The van der Waals surface area contributed by atoms with Gasteiger partial charge in [-0.3, -0.25) is 0 Å². The molecule has 0 saturated heterocycles. The number of aromatic nitrogens is 1. The van der Waals surface area contributed by atoms with E-state index in [1.807, 2.05) is 60.7 Å². The van der Waals surface area contributed by atoms with E-state index in [2.05, 4.69) is 132 Å². The van der Waals surface area contributed by atoms with Crippen molar-refractivity contribution >= 4 is 50.6 Å². The summed E-state index contributed by atoms with van der Waals surface area (Å²) in [5.41, 5.74) is 5.49. The second-order valence-electron chi connectivity index (χ2n) is 12.2. The molecule has 50 heavy (non-hydrogen) atoms. The summed E-state index contributed by atoms with van der Waals surface area (Å²) in [6, 6.07) is 65.2. The highest BCUT2D eigenvalue weighted by molar-refractivity contribution is 7.20. The quantitative estimate of drug-likeness (QED) is 0.138. The van der Waals surface area contributed by atoms with Gasteiger partial charge in [-0.2, -0.15) is 15.8 Å². The smallest absolute Gasteiger partial charge is 0.180 e. The Morgan fingerprint density at radius 3 is 1.60 bits per heavy atom. The minimum atomic E-state index is -3.00. The molecule has 7 aromatic carbocycles. The molecule has 0 bridgehead atoms. The van der Waals surface area contributed by atoms with Gasteiger partial charge in [0.25, 0.3) is 0 Å². The summed E-state index contributed by atoms with van der Waals surface area (Å²) in [5, 5.41) is 37.7. The fraction of sp³-hybridized carbons (Fsp3) is 0. The van der Waals surface area contributed by atoms with E-state index in [4.69, 9.17) is 0 Å². The highest BCUT2D eigenvalue weighted by atomic mass is 28.3. The van der Waals surface area contributed by atoms with E-state index >= 15 is 0 Å². The standard InChI is InChI=1S/C45H28N4Si/c46-29-32-24-25-44-41(26-32)38-20-10-12-22-43(38)49(44)34-27-33(30-47)42(31-48)40(28-34)39-21-11-13-23-45(39)50(35-14-4-1-5-15-35,36-16-6-2-7-17-36)37-18-8-3-9-19-37/h1-28H. The molecule has 232 valence electrons. The maximum absolute atomic E-state index is 10.7. The number of rotatable bonds is 6. The van der Waals surface area contributed by atoms with Gasteiger partial charge in [-0.25, -0.2) is 0 Å². The highest BCUT2D eigenvalue weighted by Gasteiger charge is 2.43. The van der Waals surface area contributed by atoms with E-state index < -0.39 is 8.07 Å². The second kappa shape index (κ2) is 12.6. The normalized spacial score (nSPS) is 11.1. The van der Waals surface area contributed by atoms with Crippen molar-refractivity contribution < 1.29 is 0 Å². The van der Waals surface area contributed by atoms with Crippen molar-refractivity contribution in [2.45, 2.75) is 0 Å². The molecular weight excluding hydrogens is 625 g/mol. The van der Waals surface area contributed by atoms with E-state index in [1.165, 1.54) is 15.6 Å². The molecule has 0 unspecified atom stereocenters. The predicted octanol–water partition coefficient (Wildman–Crippen LogP) is 7.44. The third-order valence-corrected chi connectivity index (χ3v) is 14.5. The molecule has 0 aliphatic rings. The molecule has 0 saturated carbocycles. The number of nitriles is 3. The summed E-state index contributed by atoms with van der Waals surface area (Å²) in [6.45, 7) is 0. The Bertz CT molecular complexity index is 2580. The van der Waals surface area contributed by atoms with Gasteiger partial charge in [-0.1, -0.05) is 133 Å². The van der Waals surface area contributed by atoms with Crippen LogP contribution in [0.4, 0.5) is 0 Å².